The Bertz CT molecular complexity index is 436. The lowest BCUT2D eigenvalue weighted by atomic mass is 10.00. The van der Waals surface area contributed by atoms with Crippen molar-refractivity contribution in [1.82, 2.24) is 5.43 Å². The number of hydrogen-bond donors (Lipinski definition) is 2. The maximum absolute atomic E-state index is 12.2. The molecule has 3 N–H and O–H groups in total. The molecule has 1 aromatic rings. The molecule has 1 aliphatic rings. The first-order valence-corrected chi connectivity index (χ1v) is 7.48. The van der Waals surface area contributed by atoms with E-state index in [-0.39, 0.29) is 17.0 Å². The van der Waals surface area contributed by atoms with Gasteiger partial charge in [0, 0.05) is 5.25 Å². The van der Waals surface area contributed by atoms with Crippen molar-refractivity contribution >= 4 is 11.8 Å². The SMILES string of the molecule is NNC(c1cccc(OC(F)(F)F)c1)C1CCCCS1. The van der Waals surface area contributed by atoms with Crippen molar-refractivity contribution in [3.8, 4) is 5.75 Å². The van der Waals surface area contributed by atoms with Crippen LogP contribution in [0.4, 0.5) is 13.2 Å². The van der Waals surface area contributed by atoms with E-state index in [1.54, 1.807) is 23.9 Å². The van der Waals surface area contributed by atoms with Gasteiger partial charge in [0.2, 0.25) is 0 Å². The zero-order chi connectivity index (χ0) is 14.6. The third-order valence-electron chi connectivity index (χ3n) is 3.22. The van der Waals surface area contributed by atoms with Crippen molar-refractivity contribution in [2.24, 2.45) is 5.84 Å². The summed E-state index contributed by atoms with van der Waals surface area (Å²) in [6.07, 6.45) is -1.38. The number of alkyl halides is 3. The molecule has 0 radical (unpaired) electrons. The molecule has 20 heavy (non-hydrogen) atoms. The number of nitrogens with two attached hydrogens (primary N) is 1. The number of halogens is 3. The molecule has 1 heterocycles. The van der Waals surface area contributed by atoms with Crippen molar-refractivity contribution in [1.29, 1.82) is 0 Å². The summed E-state index contributed by atoms with van der Waals surface area (Å²) in [6, 6.07) is 5.83. The smallest absolute Gasteiger partial charge is 0.406 e. The van der Waals surface area contributed by atoms with Crippen LogP contribution in [-0.4, -0.2) is 17.4 Å². The van der Waals surface area contributed by atoms with Gasteiger partial charge in [0.25, 0.3) is 0 Å². The number of rotatable bonds is 4. The summed E-state index contributed by atoms with van der Waals surface area (Å²) in [5.74, 6) is 6.43. The highest BCUT2D eigenvalue weighted by Crippen LogP contribution is 2.35. The molecule has 0 bridgehead atoms. The Balaban J connectivity index is 2.14. The van der Waals surface area contributed by atoms with E-state index in [2.05, 4.69) is 10.2 Å². The highest BCUT2D eigenvalue weighted by molar-refractivity contribution is 8.00. The predicted octanol–water partition coefficient (Wildman–Crippen LogP) is 3.38. The predicted molar refractivity (Wildman–Crippen MR) is 73.3 cm³/mol. The Morgan fingerprint density at radius 2 is 2.15 bits per heavy atom. The molecule has 1 saturated heterocycles. The molecule has 0 amide bonds. The minimum Gasteiger partial charge on any atom is -0.406 e. The normalized spacial score (nSPS) is 21.5. The molecule has 0 aromatic heterocycles. The van der Waals surface area contributed by atoms with Crippen LogP contribution in [0, 0.1) is 0 Å². The van der Waals surface area contributed by atoms with Crippen LogP contribution in [0.25, 0.3) is 0 Å². The second kappa shape index (κ2) is 6.69. The van der Waals surface area contributed by atoms with Crippen LogP contribution >= 0.6 is 11.8 Å². The molecule has 3 nitrogen and oxygen atoms in total. The van der Waals surface area contributed by atoms with Gasteiger partial charge in [-0.25, -0.2) is 0 Å². The van der Waals surface area contributed by atoms with E-state index in [4.69, 9.17) is 5.84 Å². The summed E-state index contributed by atoms with van der Waals surface area (Å²) in [7, 11) is 0. The fourth-order valence-corrected chi connectivity index (χ4v) is 3.79. The Hall–Kier alpha value is -0.920. The standard InChI is InChI=1S/C13H17F3N2OS/c14-13(15,16)19-10-5-3-4-9(8-10)12(18-17)11-6-1-2-7-20-11/h3-5,8,11-12,18H,1-2,6-7,17H2. The molecule has 112 valence electrons. The van der Waals surface area contributed by atoms with E-state index in [1.807, 2.05) is 0 Å². The van der Waals surface area contributed by atoms with Gasteiger partial charge >= 0.3 is 6.36 Å². The molecule has 1 aromatic carbocycles. The fourth-order valence-electron chi connectivity index (χ4n) is 2.35. The first-order valence-electron chi connectivity index (χ1n) is 6.43. The highest BCUT2D eigenvalue weighted by atomic mass is 32.2. The molecule has 0 aliphatic carbocycles. The molecular formula is C13H17F3N2OS. The Kier molecular flexibility index (Phi) is 5.17. The Morgan fingerprint density at radius 1 is 1.35 bits per heavy atom. The number of benzene rings is 1. The van der Waals surface area contributed by atoms with Gasteiger partial charge in [-0.1, -0.05) is 18.6 Å². The number of nitrogens with one attached hydrogen (secondary N) is 1. The van der Waals surface area contributed by atoms with Gasteiger partial charge in [0.1, 0.15) is 5.75 Å². The van der Waals surface area contributed by atoms with Crippen LogP contribution < -0.4 is 16.0 Å². The van der Waals surface area contributed by atoms with Gasteiger partial charge in [0.05, 0.1) is 6.04 Å². The number of hydrogen-bond acceptors (Lipinski definition) is 4. The molecular weight excluding hydrogens is 289 g/mol. The van der Waals surface area contributed by atoms with E-state index < -0.39 is 6.36 Å². The number of ether oxygens (including phenoxy) is 1. The molecule has 7 heteroatoms. The van der Waals surface area contributed by atoms with Crippen LogP contribution in [0.15, 0.2) is 24.3 Å². The number of thioether (sulfide) groups is 1. The van der Waals surface area contributed by atoms with E-state index in [9.17, 15) is 13.2 Å². The molecule has 2 atom stereocenters. The first-order chi connectivity index (χ1) is 9.49. The van der Waals surface area contributed by atoms with Crippen molar-refractivity contribution in [2.75, 3.05) is 5.75 Å². The maximum atomic E-state index is 12.2. The summed E-state index contributed by atoms with van der Waals surface area (Å²) in [5, 5.41) is 0.273. The summed E-state index contributed by atoms with van der Waals surface area (Å²) in [6.45, 7) is 0. The third kappa shape index (κ3) is 4.29. The van der Waals surface area contributed by atoms with Crippen molar-refractivity contribution in [2.45, 2.75) is 36.9 Å². The summed E-state index contributed by atoms with van der Waals surface area (Å²) >= 11 is 1.80. The molecule has 0 spiro atoms. The van der Waals surface area contributed by atoms with Gasteiger partial charge in [-0.15, -0.1) is 13.2 Å². The first kappa shape index (κ1) is 15.5. The molecule has 1 aliphatic heterocycles. The third-order valence-corrected chi connectivity index (χ3v) is 4.68. The average molecular weight is 306 g/mol. The van der Waals surface area contributed by atoms with E-state index in [0.717, 1.165) is 18.6 Å². The van der Waals surface area contributed by atoms with Crippen molar-refractivity contribution < 1.29 is 17.9 Å². The van der Waals surface area contributed by atoms with Crippen LogP contribution in [0.1, 0.15) is 30.9 Å². The topological polar surface area (TPSA) is 47.3 Å². The summed E-state index contributed by atoms with van der Waals surface area (Å²) < 4.78 is 40.7. The van der Waals surface area contributed by atoms with Crippen LogP contribution in [0.3, 0.4) is 0 Å². The van der Waals surface area contributed by atoms with Crippen molar-refractivity contribution in [3.05, 3.63) is 29.8 Å². The largest absolute Gasteiger partial charge is 0.573 e. The average Bonchev–Trinajstić information content (AvgIpc) is 2.39. The van der Waals surface area contributed by atoms with E-state index in [0.29, 0.717) is 5.56 Å². The van der Waals surface area contributed by atoms with Crippen LogP contribution in [0.5, 0.6) is 5.75 Å². The van der Waals surface area contributed by atoms with Gasteiger partial charge < -0.3 is 4.74 Å². The van der Waals surface area contributed by atoms with E-state index >= 15 is 0 Å². The van der Waals surface area contributed by atoms with E-state index in [1.165, 1.54) is 18.6 Å². The van der Waals surface area contributed by atoms with Gasteiger partial charge in [-0.2, -0.15) is 11.8 Å². The van der Waals surface area contributed by atoms with Gasteiger partial charge in [0.15, 0.2) is 0 Å². The lowest BCUT2D eigenvalue weighted by Gasteiger charge is -2.29. The fraction of sp³-hybridized carbons (Fsp3) is 0.538. The molecule has 0 saturated carbocycles. The summed E-state index contributed by atoms with van der Waals surface area (Å²) in [5.41, 5.74) is 3.44. The molecule has 2 rings (SSSR count). The van der Waals surface area contributed by atoms with Gasteiger partial charge in [-0.05, 0) is 36.3 Å². The number of hydrazine groups is 1. The monoisotopic (exact) mass is 306 g/mol. The lowest BCUT2D eigenvalue weighted by Crippen LogP contribution is -2.36. The van der Waals surface area contributed by atoms with Gasteiger partial charge in [-0.3, -0.25) is 11.3 Å². The minimum atomic E-state index is -4.68. The highest BCUT2D eigenvalue weighted by Gasteiger charge is 2.31. The minimum absolute atomic E-state index is 0.169. The lowest BCUT2D eigenvalue weighted by molar-refractivity contribution is -0.274. The Morgan fingerprint density at radius 3 is 2.75 bits per heavy atom. The zero-order valence-corrected chi connectivity index (χ0v) is 11.6. The molecule has 1 fully saturated rings. The zero-order valence-electron chi connectivity index (χ0n) is 10.8. The van der Waals surface area contributed by atoms with Crippen LogP contribution in [-0.2, 0) is 0 Å². The van der Waals surface area contributed by atoms with Crippen LogP contribution in [0.2, 0.25) is 0 Å². The maximum Gasteiger partial charge on any atom is 0.573 e. The molecule has 2 unspecified atom stereocenters. The second-order valence-electron chi connectivity index (χ2n) is 4.67. The quantitative estimate of drug-likeness (QED) is 0.661. The van der Waals surface area contributed by atoms with Crippen molar-refractivity contribution in [3.63, 3.8) is 0 Å². The summed E-state index contributed by atoms with van der Waals surface area (Å²) in [4.78, 5) is 0. The second-order valence-corrected chi connectivity index (χ2v) is 6.02. The Labute approximate surface area is 120 Å².